The van der Waals surface area contributed by atoms with E-state index in [1.54, 1.807) is 36.4 Å². The highest BCUT2D eigenvalue weighted by Crippen LogP contribution is 2.19. The van der Waals surface area contributed by atoms with Gasteiger partial charge in [0.1, 0.15) is 5.75 Å². The molecule has 0 fully saturated rings. The number of furan rings is 1. The summed E-state index contributed by atoms with van der Waals surface area (Å²) in [5.74, 6) is 1.52. The Labute approximate surface area is 150 Å². The summed E-state index contributed by atoms with van der Waals surface area (Å²) in [6.45, 7) is 2.19. The average molecular weight is 356 g/mol. The number of carbonyl (C=O) groups is 1. The predicted octanol–water partition coefficient (Wildman–Crippen LogP) is 2.64. The van der Waals surface area contributed by atoms with Crippen molar-refractivity contribution in [2.45, 2.75) is 26.0 Å². The molecule has 3 rings (SSSR count). The Morgan fingerprint density at radius 2 is 2.19 bits per heavy atom. The van der Waals surface area contributed by atoms with Crippen molar-refractivity contribution in [1.82, 2.24) is 15.5 Å². The van der Waals surface area contributed by atoms with Gasteiger partial charge in [0.05, 0.1) is 6.26 Å². The lowest BCUT2D eigenvalue weighted by atomic mass is 10.2. The molecule has 1 amide bonds. The highest BCUT2D eigenvalue weighted by molar-refractivity contribution is 6.02. The van der Waals surface area contributed by atoms with E-state index >= 15 is 0 Å². The fourth-order valence-corrected chi connectivity index (χ4v) is 2.22. The third-order valence-corrected chi connectivity index (χ3v) is 3.69. The topological polar surface area (TPSA) is 102 Å². The fourth-order valence-electron chi connectivity index (χ4n) is 2.22. The maximum atomic E-state index is 12.0. The van der Waals surface area contributed by atoms with E-state index in [1.807, 2.05) is 14.0 Å². The molecule has 0 spiro atoms. The van der Waals surface area contributed by atoms with Crippen molar-refractivity contribution in [2.75, 3.05) is 12.4 Å². The maximum absolute atomic E-state index is 12.0. The summed E-state index contributed by atoms with van der Waals surface area (Å²) in [5.41, 5.74) is 0.595. The summed E-state index contributed by atoms with van der Waals surface area (Å²) < 4.78 is 15.9. The molecule has 0 aliphatic rings. The molecule has 0 saturated heterocycles. The third kappa shape index (κ3) is 4.70. The van der Waals surface area contributed by atoms with Crippen LogP contribution in [0.25, 0.3) is 0 Å². The number of nitrogens with zero attached hydrogens (tertiary/aromatic N) is 2. The van der Waals surface area contributed by atoms with Crippen LogP contribution >= 0.6 is 0 Å². The number of nitrogens with one attached hydrogen (secondary N) is 2. The van der Waals surface area contributed by atoms with Crippen LogP contribution in [0.5, 0.6) is 5.75 Å². The molecule has 0 radical (unpaired) electrons. The van der Waals surface area contributed by atoms with Gasteiger partial charge in [-0.05, 0) is 38.2 Å². The molecule has 2 N–H and O–H groups in total. The van der Waals surface area contributed by atoms with Gasteiger partial charge in [0.15, 0.2) is 18.2 Å². The summed E-state index contributed by atoms with van der Waals surface area (Å²) in [6, 6.07) is 10.5. The first-order chi connectivity index (χ1) is 12.6. The van der Waals surface area contributed by atoms with Crippen molar-refractivity contribution in [1.29, 1.82) is 0 Å². The average Bonchev–Trinajstić information content (AvgIpc) is 3.32. The molecule has 1 aromatic carbocycles. The number of hydrogen-bond donors (Lipinski definition) is 2. The van der Waals surface area contributed by atoms with Gasteiger partial charge in [0, 0.05) is 24.2 Å². The van der Waals surface area contributed by atoms with E-state index in [4.69, 9.17) is 13.7 Å². The zero-order valence-corrected chi connectivity index (χ0v) is 14.6. The lowest BCUT2D eigenvalue weighted by Crippen LogP contribution is -2.24. The second-order valence-corrected chi connectivity index (χ2v) is 5.75. The van der Waals surface area contributed by atoms with Crippen LogP contribution in [-0.2, 0) is 13.0 Å². The predicted molar refractivity (Wildman–Crippen MR) is 94.0 cm³/mol. The van der Waals surface area contributed by atoms with Crippen LogP contribution in [0, 0.1) is 0 Å². The molecule has 136 valence electrons. The third-order valence-electron chi connectivity index (χ3n) is 3.69. The molecule has 1 unspecified atom stereocenters. The second kappa shape index (κ2) is 8.30. The molecule has 3 aromatic rings. The molecule has 2 heterocycles. The van der Waals surface area contributed by atoms with Crippen LogP contribution in [0.15, 0.2) is 51.6 Å². The van der Waals surface area contributed by atoms with Crippen molar-refractivity contribution in [3.63, 3.8) is 0 Å². The normalized spacial score (nSPS) is 11.9. The Morgan fingerprint density at radius 1 is 1.31 bits per heavy atom. The Morgan fingerprint density at radius 3 is 2.96 bits per heavy atom. The van der Waals surface area contributed by atoms with Gasteiger partial charge in [-0.2, -0.15) is 4.98 Å². The SMILES string of the molecule is CNC(C)Cc1noc(COc2cccc(NC(=O)c3ccco3)c2)n1. The molecule has 0 bridgehead atoms. The first-order valence-electron chi connectivity index (χ1n) is 8.20. The van der Waals surface area contributed by atoms with Crippen LogP contribution in [0.4, 0.5) is 5.69 Å². The van der Waals surface area contributed by atoms with E-state index in [0.717, 1.165) is 0 Å². The van der Waals surface area contributed by atoms with Crippen LogP contribution in [0.2, 0.25) is 0 Å². The summed E-state index contributed by atoms with van der Waals surface area (Å²) >= 11 is 0. The largest absolute Gasteiger partial charge is 0.484 e. The monoisotopic (exact) mass is 356 g/mol. The van der Waals surface area contributed by atoms with Gasteiger partial charge in [-0.3, -0.25) is 4.79 Å². The standard InChI is InChI=1S/C18H20N4O4/c1-12(19-2)9-16-21-17(26-22-16)11-25-14-6-3-5-13(10-14)20-18(23)15-7-4-8-24-15/h3-8,10,12,19H,9,11H2,1-2H3,(H,20,23). The van der Waals surface area contributed by atoms with E-state index in [1.165, 1.54) is 6.26 Å². The van der Waals surface area contributed by atoms with E-state index in [9.17, 15) is 4.79 Å². The van der Waals surface area contributed by atoms with E-state index < -0.39 is 0 Å². The molecule has 8 nitrogen and oxygen atoms in total. The van der Waals surface area contributed by atoms with Crippen LogP contribution in [0.3, 0.4) is 0 Å². The van der Waals surface area contributed by atoms with Crippen molar-refractivity contribution in [2.24, 2.45) is 0 Å². The van der Waals surface area contributed by atoms with Crippen molar-refractivity contribution in [3.05, 3.63) is 60.1 Å². The van der Waals surface area contributed by atoms with Gasteiger partial charge in [-0.1, -0.05) is 11.2 Å². The van der Waals surface area contributed by atoms with Gasteiger partial charge in [-0.15, -0.1) is 0 Å². The summed E-state index contributed by atoms with van der Waals surface area (Å²) in [5, 5.41) is 9.79. The number of likely N-dealkylation sites (N-methyl/N-ethyl adjacent to an activating group) is 1. The number of hydrogen-bond acceptors (Lipinski definition) is 7. The Hall–Kier alpha value is -3.13. The van der Waals surface area contributed by atoms with Crippen molar-refractivity contribution in [3.8, 4) is 5.75 Å². The molecule has 8 heteroatoms. The van der Waals surface area contributed by atoms with Gasteiger partial charge in [0.25, 0.3) is 11.8 Å². The molecule has 0 aliphatic heterocycles. The number of ether oxygens (including phenoxy) is 1. The van der Waals surface area contributed by atoms with Crippen LogP contribution in [-0.4, -0.2) is 29.1 Å². The highest BCUT2D eigenvalue weighted by Gasteiger charge is 2.11. The second-order valence-electron chi connectivity index (χ2n) is 5.75. The van der Waals surface area contributed by atoms with Crippen molar-refractivity contribution >= 4 is 11.6 Å². The van der Waals surface area contributed by atoms with Gasteiger partial charge in [-0.25, -0.2) is 0 Å². The molecule has 1 atom stereocenters. The molecule has 0 saturated carbocycles. The highest BCUT2D eigenvalue weighted by atomic mass is 16.5. The zero-order valence-electron chi connectivity index (χ0n) is 14.6. The van der Waals surface area contributed by atoms with Gasteiger partial charge in [0.2, 0.25) is 0 Å². The molecular weight excluding hydrogens is 336 g/mol. The smallest absolute Gasteiger partial charge is 0.291 e. The van der Waals surface area contributed by atoms with Gasteiger partial charge < -0.3 is 24.3 Å². The maximum Gasteiger partial charge on any atom is 0.291 e. The number of rotatable bonds is 8. The van der Waals surface area contributed by atoms with Crippen LogP contribution < -0.4 is 15.4 Å². The van der Waals surface area contributed by atoms with Gasteiger partial charge >= 0.3 is 0 Å². The quantitative estimate of drug-likeness (QED) is 0.639. The summed E-state index contributed by atoms with van der Waals surface area (Å²) in [6.07, 6.45) is 2.12. The lowest BCUT2D eigenvalue weighted by Gasteiger charge is -2.07. The minimum Gasteiger partial charge on any atom is -0.484 e. The van der Waals surface area contributed by atoms with Crippen LogP contribution in [0.1, 0.15) is 29.2 Å². The minimum absolute atomic E-state index is 0.149. The van der Waals surface area contributed by atoms with E-state index in [0.29, 0.717) is 29.6 Å². The Bertz CT molecular complexity index is 845. The molecule has 2 aromatic heterocycles. The number of carbonyl (C=O) groups excluding carboxylic acids is 1. The molecule has 0 aliphatic carbocycles. The first-order valence-corrected chi connectivity index (χ1v) is 8.20. The van der Waals surface area contributed by atoms with E-state index in [2.05, 4.69) is 20.8 Å². The number of anilines is 1. The fraction of sp³-hybridized carbons (Fsp3) is 0.278. The number of benzene rings is 1. The number of amides is 1. The molecular formula is C18H20N4O4. The van der Waals surface area contributed by atoms with Crippen molar-refractivity contribution < 1.29 is 18.5 Å². The Kier molecular flexibility index (Phi) is 5.65. The Balaban J connectivity index is 1.56. The van der Waals surface area contributed by atoms with E-state index in [-0.39, 0.29) is 24.3 Å². The summed E-state index contributed by atoms with van der Waals surface area (Å²) in [4.78, 5) is 16.3. The minimum atomic E-state index is -0.327. The zero-order chi connectivity index (χ0) is 18.4. The molecule has 26 heavy (non-hydrogen) atoms. The number of aromatic nitrogens is 2. The summed E-state index contributed by atoms with van der Waals surface area (Å²) in [7, 11) is 1.88. The first kappa shape index (κ1) is 17.7. The lowest BCUT2D eigenvalue weighted by molar-refractivity contribution is 0.0996.